The average molecular weight is 313 g/mol. The van der Waals surface area contributed by atoms with Crippen LogP contribution in [0, 0.1) is 6.92 Å². The number of halogens is 1. The summed E-state index contributed by atoms with van der Waals surface area (Å²) < 4.78 is 0.847. The van der Waals surface area contributed by atoms with Gasteiger partial charge in [0.2, 0.25) is 5.91 Å². The molecule has 0 bridgehead atoms. The number of hydrogen-bond acceptors (Lipinski definition) is 2. The van der Waals surface area contributed by atoms with E-state index in [-0.39, 0.29) is 11.8 Å². The molecule has 1 aromatic rings. The number of carbonyl (C=O) groups is 2. The monoisotopic (exact) mass is 312 g/mol. The van der Waals surface area contributed by atoms with Crippen molar-refractivity contribution < 1.29 is 9.59 Å². The highest BCUT2D eigenvalue weighted by atomic mass is 79.9. The van der Waals surface area contributed by atoms with E-state index in [1.807, 2.05) is 13.0 Å². The van der Waals surface area contributed by atoms with Crippen LogP contribution in [0.25, 0.3) is 0 Å². The molecule has 0 spiro atoms. The van der Waals surface area contributed by atoms with Crippen LogP contribution in [0.15, 0.2) is 22.7 Å². The number of nitrogens with one attached hydrogen (secondary N) is 1. The average Bonchev–Trinajstić information content (AvgIpc) is 2.26. The predicted molar refractivity (Wildman–Crippen MR) is 74.5 cm³/mol. The Labute approximate surface area is 115 Å². The summed E-state index contributed by atoms with van der Waals surface area (Å²) in [5, 5.41) is 2.68. The van der Waals surface area contributed by atoms with Gasteiger partial charge in [-0.1, -0.05) is 15.9 Å². The van der Waals surface area contributed by atoms with Crippen molar-refractivity contribution >= 4 is 27.7 Å². The Bertz CT molecular complexity index is 452. The van der Waals surface area contributed by atoms with Gasteiger partial charge in [-0.3, -0.25) is 9.59 Å². The van der Waals surface area contributed by atoms with Gasteiger partial charge in [-0.25, -0.2) is 0 Å². The zero-order valence-corrected chi connectivity index (χ0v) is 12.5. The van der Waals surface area contributed by atoms with Crippen molar-refractivity contribution in [3.63, 3.8) is 0 Å². The Morgan fingerprint density at radius 3 is 2.39 bits per heavy atom. The lowest BCUT2D eigenvalue weighted by atomic mass is 10.1. The summed E-state index contributed by atoms with van der Waals surface area (Å²) in [5.74, 6) is -0.378. The van der Waals surface area contributed by atoms with E-state index in [4.69, 9.17) is 0 Å². The Morgan fingerprint density at radius 2 is 1.89 bits per heavy atom. The van der Waals surface area contributed by atoms with Crippen molar-refractivity contribution in [2.45, 2.75) is 19.9 Å². The third kappa shape index (κ3) is 3.84. The summed E-state index contributed by atoms with van der Waals surface area (Å²) >= 11 is 3.34. The summed E-state index contributed by atoms with van der Waals surface area (Å²) in [4.78, 5) is 25.1. The van der Waals surface area contributed by atoms with Gasteiger partial charge in [-0.2, -0.15) is 0 Å². The van der Waals surface area contributed by atoms with Crippen LogP contribution in [0.2, 0.25) is 0 Å². The van der Waals surface area contributed by atoms with Gasteiger partial charge in [0.25, 0.3) is 5.91 Å². The molecular formula is C13H17BrN2O2. The first-order valence-electron chi connectivity index (χ1n) is 5.60. The molecule has 1 atom stereocenters. The molecule has 0 radical (unpaired) electrons. The van der Waals surface area contributed by atoms with Gasteiger partial charge in [-0.05, 0) is 37.6 Å². The number of likely N-dealkylation sites (N-methyl/N-ethyl adjacent to an activating group) is 1. The number of aryl methyl sites for hydroxylation is 1. The van der Waals surface area contributed by atoms with Gasteiger partial charge < -0.3 is 10.2 Å². The van der Waals surface area contributed by atoms with Gasteiger partial charge >= 0.3 is 0 Å². The maximum absolute atomic E-state index is 12.0. The minimum atomic E-state index is -0.535. The molecule has 4 nitrogen and oxygen atoms in total. The molecule has 1 aromatic carbocycles. The maximum Gasteiger partial charge on any atom is 0.251 e. The first-order valence-corrected chi connectivity index (χ1v) is 6.40. The molecule has 1 rings (SSSR count). The third-order valence-electron chi connectivity index (χ3n) is 2.46. The van der Waals surface area contributed by atoms with Crippen LogP contribution < -0.4 is 5.32 Å². The van der Waals surface area contributed by atoms with E-state index < -0.39 is 6.04 Å². The van der Waals surface area contributed by atoms with Gasteiger partial charge in [0.15, 0.2) is 0 Å². The zero-order chi connectivity index (χ0) is 13.9. The Hall–Kier alpha value is -1.36. The quantitative estimate of drug-likeness (QED) is 0.927. The van der Waals surface area contributed by atoms with Gasteiger partial charge in [0, 0.05) is 24.1 Å². The van der Waals surface area contributed by atoms with Gasteiger partial charge in [0.05, 0.1) is 0 Å². The van der Waals surface area contributed by atoms with Gasteiger partial charge in [-0.15, -0.1) is 0 Å². The standard InChI is InChI=1S/C13H17BrN2O2/c1-8-5-10(7-11(14)6-8)12(17)15-9(2)13(18)16(3)4/h5-7,9H,1-4H3,(H,15,17). The summed E-state index contributed by atoms with van der Waals surface area (Å²) in [6, 6.07) is 4.90. The summed E-state index contributed by atoms with van der Waals surface area (Å²) in [5.41, 5.74) is 1.53. The van der Waals surface area contributed by atoms with Crippen molar-refractivity contribution in [1.29, 1.82) is 0 Å². The largest absolute Gasteiger partial charge is 0.347 e. The molecule has 2 amide bonds. The first kappa shape index (κ1) is 14.7. The second-order valence-corrected chi connectivity index (χ2v) is 5.36. The topological polar surface area (TPSA) is 49.4 Å². The molecule has 0 saturated heterocycles. The van der Waals surface area contributed by atoms with E-state index in [2.05, 4.69) is 21.2 Å². The number of benzene rings is 1. The molecule has 1 N–H and O–H groups in total. The Balaban J connectivity index is 2.79. The van der Waals surface area contributed by atoms with Crippen molar-refractivity contribution in [1.82, 2.24) is 10.2 Å². The van der Waals surface area contributed by atoms with Crippen molar-refractivity contribution in [3.05, 3.63) is 33.8 Å². The second-order valence-electron chi connectivity index (χ2n) is 4.45. The van der Waals surface area contributed by atoms with Crippen molar-refractivity contribution in [3.8, 4) is 0 Å². The molecule has 98 valence electrons. The van der Waals surface area contributed by atoms with Gasteiger partial charge in [0.1, 0.15) is 6.04 Å². The first-order chi connectivity index (χ1) is 8.31. The normalized spacial score (nSPS) is 11.8. The highest BCUT2D eigenvalue weighted by Gasteiger charge is 2.18. The molecule has 18 heavy (non-hydrogen) atoms. The number of rotatable bonds is 3. The summed E-state index contributed by atoms with van der Waals surface area (Å²) in [7, 11) is 3.32. The molecule has 0 aliphatic carbocycles. The van der Waals surface area contributed by atoms with Crippen LogP contribution in [0.1, 0.15) is 22.8 Å². The number of hydrogen-bond donors (Lipinski definition) is 1. The summed E-state index contributed by atoms with van der Waals surface area (Å²) in [6.45, 7) is 3.58. The van der Waals surface area contributed by atoms with E-state index >= 15 is 0 Å². The van der Waals surface area contributed by atoms with E-state index in [1.165, 1.54) is 4.90 Å². The molecule has 0 aliphatic heterocycles. The van der Waals surface area contributed by atoms with Crippen LogP contribution in [0.4, 0.5) is 0 Å². The van der Waals surface area contributed by atoms with Crippen molar-refractivity contribution in [2.75, 3.05) is 14.1 Å². The lowest BCUT2D eigenvalue weighted by Gasteiger charge is -2.18. The molecule has 0 aliphatic rings. The number of nitrogens with zero attached hydrogens (tertiary/aromatic N) is 1. The minimum Gasteiger partial charge on any atom is -0.347 e. The second kappa shape index (κ2) is 6.00. The molecule has 1 unspecified atom stereocenters. The van der Waals surface area contributed by atoms with E-state index in [0.717, 1.165) is 10.0 Å². The predicted octanol–water partition coefficient (Wildman–Crippen LogP) is 1.96. The molecule has 5 heteroatoms. The highest BCUT2D eigenvalue weighted by Crippen LogP contribution is 2.15. The summed E-state index contributed by atoms with van der Waals surface area (Å²) in [6.07, 6.45) is 0. The lowest BCUT2D eigenvalue weighted by molar-refractivity contribution is -0.130. The number of amides is 2. The van der Waals surface area contributed by atoms with Crippen LogP contribution in [0.3, 0.4) is 0 Å². The molecule has 0 aromatic heterocycles. The Kier molecular flexibility index (Phi) is 4.90. The smallest absolute Gasteiger partial charge is 0.251 e. The van der Waals surface area contributed by atoms with E-state index in [9.17, 15) is 9.59 Å². The van der Waals surface area contributed by atoms with Crippen LogP contribution in [-0.2, 0) is 4.79 Å². The fourth-order valence-electron chi connectivity index (χ4n) is 1.60. The Morgan fingerprint density at radius 1 is 1.28 bits per heavy atom. The molecule has 0 heterocycles. The SMILES string of the molecule is Cc1cc(Br)cc(C(=O)NC(C)C(=O)N(C)C)c1. The fraction of sp³-hybridized carbons (Fsp3) is 0.385. The maximum atomic E-state index is 12.0. The zero-order valence-electron chi connectivity index (χ0n) is 11.0. The molecule has 0 fully saturated rings. The third-order valence-corrected chi connectivity index (χ3v) is 2.92. The molecular weight excluding hydrogens is 296 g/mol. The van der Waals surface area contributed by atoms with Crippen LogP contribution in [-0.4, -0.2) is 36.9 Å². The van der Waals surface area contributed by atoms with Crippen LogP contribution >= 0.6 is 15.9 Å². The minimum absolute atomic E-state index is 0.130. The fourth-order valence-corrected chi connectivity index (χ4v) is 2.20. The van der Waals surface area contributed by atoms with Crippen molar-refractivity contribution in [2.24, 2.45) is 0 Å². The lowest BCUT2D eigenvalue weighted by Crippen LogP contribution is -2.44. The highest BCUT2D eigenvalue weighted by molar-refractivity contribution is 9.10. The van der Waals surface area contributed by atoms with Crippen LogP contribution in [0.5, 0.6) is 0 Å². The molecule has 0 saturated carbocycles. The van der Waals surface area contributed by atoms with E-state index in [1.54, 1.807) is 33.2 Å². The van der Waals surface area contributed by atoms with E-state index in [0.29, 0.717) is 5.56 Å². The number of carbonyl (C=O) groups excluding carboxylic acids is 2.